The lowest BCUT2D eigenvalue weighted by molar-refractivity contribution is -0.895. The van der Waals surface area contributed by atoms with E-state index >= 15 is 0 Å². The van der Waals surface area contributed by atoms with Crippen LogP contribution in [0, 0.1) is 0 Å². The molecule has 0 fully saturated rings. The van der Waals surface area contributed by atoms with E-state index in [9.17, 15) is 4.79 Å². The molecule has 1 aromatic carbocycles. The average molecular weight is 255 g/mol. The molecule has 0 unspecified atom stereocenters. The van der Waals surface area contributed by atoms with Crippen LogP contribution in [-0.2, 0) is 11.3 Å². The van der Waals surface area contributed by atoms with Crippen molar-refractivity contribution in [3.8, 4) is 0 Å². The van der Waals surface area contributed by atoms with Crippen LogP contribution in [0.3, 0.4) is 0 Å². The molecular formula is C13H19ClN2O. The van der Waals surface area contributed by atoms with E-state index in [1.54, 1.807) is 0 Å². The Morgan fingerprint density at radius 2 is 2.12 bits per heavy atom. The van der Waals surface area contributed by atoms with Crippen LogP contribution in [-0.4, -0.2) is 31.0 Å². The summed E-state index contributed by atoms with van der Waals surface area (Å²) in [6, 6.07) is 8.13. The molecule has 2 N–H and O–H groups in total. The Balaban J connectivity index is 0.00000256. The maximum atomic E-state index is 10.9. The number of likely N-dealkylation sites (N-methyl/N-ethyl adjacent to an activating group) is 1. The number of nitrogens with two attached hydrogens (primary N) is 1. The molecular weight excluding hydrogens is 236 g/mol. The third-order valence-electron chi connectivity index (χ3n) is 2.38. The number of hydrogen-bond acceptors (Lipinski definition) is 1. The van der Waals surface area contributed by atoms with Gasteiger partial charge in [-0.25, -0.2) is 0 Å². The molecule has 0 aromatic heterocycles. The maximum absolute atomic E-state index is 10.9. The predicted octanol–water partition coefficient (Wildman–Crippen LogP) is -1.60. The summed E-state index contributed by atoms with van der Waals surface area (Å²) in [7, 11) is 3.98. The zero-order chi connectivity index (χ0) is 12.2. The van der Waals surface area contributed by atoms with Crippen LogP contribution < -0.4 is 18.1 Å². The Kier molecular flexibility index (Phi) is 5.93. The Labute approximate surface area is 109 Å². The molecule has 94 valence electrons. The van der Waals surface area contributed by atoms with Crippen molar-refractivity contribution >= 4 is 12.0 Å². The number of halogens is 1. The van der Waals surface area contributed by atoms with Crippen LogP contribution >= 0.6 is 0 Å². The van der Waals surface area contributed by atoms with Gasteiger partial charge in [0, 0.05) is 5.56 Å². The van der Waals surface area contributed by atoms with Gasteiger partial charge in [0.15, 0.2) is 6.54 Å². The summed E-state index contributed by atoms with van der Waals surface area (Å²) in [5.41, 5.74) is 7.50. The van der Waals surface area contributed by atoms with Gasteiger partial charge in [-0.2, -0.15) is 0 Å². The number of nitrogens with zero attached hydrogens (tertiary/aromatic N) is 1. The van der Waals surface area contributed by atoms with E-state index in [1.807, 2.05) is 38.4 Å². The zero-order valence-electron chi connectivity index (χ0n) is 10.3. The molecule has 0 aliphatic carbocycles. The van der Waals surface area contributed by atoms with E-state index in [-0.39, 0.29) is 18.3 Å². The Hall–Kier alpha value is -1.32. The molecule has 0 atom stereocenters. The number of carbonyl (C=O) groups is 1. The first-order valence-electron chi connectivity index (χ1n) is 5.25. The lowest BCUT2D eigenvalue weighted by Crippen LogP contribution is -3.00. The van der Waals surface area contributed by atoms with E-state index < -0.39 is 0 Å². The number of benzene rings is 1. The van der Waals surface area contributed by atoms with Gasteiger partial charge in [0.1, 0.15) is 6.54 Å². The summed E-state index contributed by atoms with van der Waals surface area (Å²) in [5, 5.41) is 0. The molecule has 0 aliphatic heterocycles. The maximum Gasteiger partial charge on any atom is 0.272 e. The predicted molar refractivity (Wildman–Crippen MR) is 66.4 cm³/mol. The topological polar surface area (TPSA) is 43.1 Å². The second-order valence-corrected chi connectivity index (χ2v) is 4.67. The standard InChI is InChI=1S/C13H18N2O.ClH/c1-4-11-6-5-7-12(8-11)9-15(2,3)10-13(14)16;/h4-8H,1,9-10H2,2-3H3,(H-,14,16);1H. The first-order valence-corrected chi connectivity index (χ1v) is 5.25. The zero-order valence-corrected chi connectivity index (χ0v) is 11.1. The molecule has 0 radical (unpaired) electrons. The van der Waals surface area contributed by atoms with Crippen molar-refractivity contribution < 1.29 is 21.7 Å². The molecule has 0 saturated heterocycles. The summed E-state index contributed by atoms with van der Waals surface area (Å²) in [5.74, 6) is -0.273. The number of amides is 1. The molecule has 0 spiro atoms. The summed E-state index contributed by atoms with van der Waals surface area (Å²) >= 11 is 0. The van der Waals surface area contributed by atoms with Crippen molar-refractivity contribution in [2.75, 3.05) is 20.6 Å². The second kappa shape index (κ2) is 6.42. The third-order valence-corrected chi connectivity index (χ3v) is 2.38. The Morgan fingerprint density at radius 1 is 1.47 bits per heavy atom. The van der Waals surface area contributed by atoms with E-state index in [4.69, 9.17) is 5.73 Å². The SMILES string of the molecule is C=Cc1cccc(C[N+](C)(C)CC(N)=O)c1.[Cl-]. The van der Waals surface area contributed by atoms with Gasteiger partial charge in [-0.3, -0.25) is 4.79 Å². The van der Waals surface area contributed by atoms with Gasteiger partial charge in [-0.1, -0.05) is 30.9 Å². The van der Waals surface area contributed by atoms with Gasteiger partial charge in [0.25, 0.3) is 5.91 Å². The first-order chi connectivity index (χ1) is 7.43. The van der Waals surface area contributed by atoms with E-state index in [2.05, 4.69) is 12.6 Å². The van der Waals surface area contributed by atoms with E-state index in [0.717, 1.165) is 12.1 Å². The monoisotopic (exact) mass is 254 g/mol. The third kappa shape index (κ3) is 5.52. The fourth-order valence-corrected chi connectivity index (χ4v) is 1.79. The summed E-state index contributed by atoms with van der Waals surface area (Å²) in [6.45, 7) is 4.87. The lowest BCUT2D eigenvalue weighted by atomic mass is 10.1. The fourth-order valence-electron chi connectivity index (χ4n) is 1.79. The van der Waals surface area contributed by atoms with Crippen molar-refractivity contribution in [2.24, 2.45) is 5.73 Å². The highest BCUT2D eigenvalue weighted by Crippen LogP contribution is 2.11. The molecule has 0 saturated carbocycles. The lowest BCUT2D eigenvalue weighted by Gasteiger charge is -2.28. The van der Waals surface area contributed by atoms with Crippen LogP contribution in [0.2, 0.25) is 0 Å². The normalized spacial score (nSPS) is 10.5. The van der Waals surface area contributed by atoms with Gasteiger partial charge < -0.3 is 22.6 Å². The summed E-state index contributed by atoms with van der Waals surface area (Å²) in [6.07, 6.45) is 1.82. The Morgan fingerprint density at radius 3 is 2.65 bits per heavy atom. The minimum atomic E-state index is -0.273. The highest BCUT2D eigenvalue weighted by molar-refractivity contribution is 5.74. The van der Waals surface area contributed by atoms with Crippen molar-refractivity contribution in [1.29, 1.82) is 0 Å². The highest BCUT2D eigenvalue weighted by Gasteiger charge is 2.18. The van der Waals surface area contributed by atoms with Crippen molar-refractivity contribution in [3.63, 3.8) is 0 Å². The summed E-state index contributed by atoms with van der Waals surface area (Å²) in [4.78, 5) is 10.9. The highest BCUT2D eigenvalue weighted by atomic mass is 35.5. The first kappa shape index (κ1) is 15.7. The number of rotatable bonds is 5. The van der Waals surface area contributed by atoms with Gasteiger partial charge in [-0.05, 0) is 11.6 Å². The minimum absolute atomic E-state index is 0. The van der Waals surface area contributed by atoms with Crippen LogP contribution in [0.5, 0.6) is 0 Å². The molecule has 17 heavy (non-hydrogen) atoms. The summed E-state index contributed by atoms with van der Waals surface area (Å²) < 4.78 is 0.565. The van der Waals surface area contributed by atoms with Crippen LogP contribution in [0.4, 0.5) is 0 Å². The van der Waals surface area contributed by atoms with Gasteiger partial charge in [-0.15, -0.1) is 0 Å². The molecule has 1 aromatic rings. The molecule has 0 bridgehead atoms. The van der Waals surface area contributed by atoms with Gasteiger partial charge in [0.05, 0.1) is 14.1 Å². The number of hydrogen-bond donors (Lipinski definition) is 1. The second-order valence-electron chi connectivity index (χ2n) is 4.67. The largest absolute Gasteiger partial charge is 1.00 e. The molecule has 0 heterocycles. The average Bonchev–Trinajstić information content (AvgIpc) is 2.15. The van der Waals surface area contributed by atoms with Crippen LogP contribution in [0.25, 0.3) is 6.08 Å². The number of quaternary nitrogens is 1. The van der Waals surface area contributed by atoms with E-state index in [0.29, 0.717) is 11.0 Å². The van der Waals surface area contributed by atoms with Crippen molar-refractivity contribution in [3.05, 3.63) is 42.0 Å². The van der Waals surface area contributed by atoms with E-state index in [1.165, 1.54) is 5.56 Å². The quantitative estimate of drug-likeness (QED) is 0.632. The molecule has 1 rings (SSSR count). The smallest absolute Gasteiger partial charge is 0.272 e. The van der Waals surface area contributed by atoms with Crippen molar-refractivity contribution in [2.45, 2.75) is 6.54 Å². The minimum Gasteiger partial charge on any atom is -1.00 e. The van der Waals surface area contributed by atoms with Crippen LogP contribution in [0.1, 0.15) is 11.1 Å². The molecule has 4 heteroatoms. The van der Waals surface area contributed by atoms with Crippen molar-refractivity contribution in [1.82, 2.24) is 0 Å². The van der Waals surface area contributed by atoms with Gasteiger partial charge in [0.2, 0.25) is 0 Å². The Bertz CT molecular complexity index is 402. The van der Waals surface area contributed by atoms with Crippen LogP contribution in [0.15, 0.2) is 30.8 Å². The molecule has 3 nitrogen and oxygen atoms in total. The number of primary amides is 1. The number of carbonyl (C=O) groups excluding carboxylic acids is 1. The molecule has 0 aliphatic rings. The fraction of sp³-hybridized carbons (Fsp3) is 0.308. The molecule has 1 amide bonds. The van der Waals surface area contributed by atoms with Gasteiger partial charge >= 0.3 is 0 Å².